The van der Waals surface area contributed by atoms with Gasteiger partial charge in [0, 0.05) is 17.9 Å². The highest BCUT2D eigenvalue weighted by atomic mass is 14.9. The Hall–Kier alpha value is -1.29. The van der Waals surface area contributed by atoms with Crippen molar-refractivity contribution < 1.29 is 0 Å². The molecule has 0 amide bonds. The highest BCUT2D eigenvalue weighted by Gasteiger charge is 2.60. The van der Waals surface area contributed by atoms with Crippen LogP contribution in [0.25, 0.3) is 4.85 Å². The van der Waals surface area contributed by atoms with Crippen molar-refractivity contribution in [3.63, 3.8) is 0 Å². The second-order valence-corrected chi connectivity index (χ2v) is 4.01. The van der Waals surface area contributed by atoms with E-state index in [9.17, 15) is 0 Å². The lowest BCUT2D eigenvalue weighted by molar-refractivity contribution is 0.772. The maximum atomic E-state index is 7.21. The Balaban J connectivity index is 2.38. The van der Waals surface area contributed by atoms with E-state index in [4.69, 9.17) is 6.57 Å². The molecule has 1 heteroatoms. The molecule has 0 N–H and O–H groups in total. The Morgan fingerprint density at radius 3 is 2.31 bits per heavy atom. The van der Waals surface area contributed by atoms with Crippen molar-refractivity contribution in [2.45, 2.75) is 25.8 Å². The zero-order valence-corrected chi connectivity index (χ0v) is 8.04. The number of benzene rings is 1. The van der Waals surface area contributed by atoms with Crippen LogP contribution < -0.4 is 0 Å². The van der Waals surface area contributed by atoms with Crippen LogP contribution in [0.3, 0.4) is 0 Å². The number of aryl methyl sites for hydroxylation is 1. The van der Waals surface area contributed by atoms with E-state index in [2.05, 4.69) is 43.0 Å². The Morgan fingerprint density at radius 1 is 1.38 bits per heavy atom. The van der Waals surface area contributed by atoms with E-state index in [1.807, 2.05) is 0 Å². The number of hydrogen-bond acceptors (Lipinski definition) is 0. The standard InChI is InChI=1S/C12H13N/c1-9-4-6-11(7-5-9)12(13-3)8-10(12)2/h4-7,10H,8H2,1-2H3. The predicted octanol–water partition coefficient (Wildman–Crippen LogP) is 3.15. The first kappa shape index (κ1) is 8.31. The van der Waals surface area contributed by atoms with E-state index >= 15 is 0 Å². The molecule has 0 aromatic heterocycles. The van der Waals surface area contributed by atoms with E-state index in [0.717, 1.165) is 6.42 Å². The average molecular weight is 171 g/mol. The van der Waals surface area contributed by atoms with Crippen molar-refractivity contribution in [3.05, 3.63) is 46.8 Å². The molecule has 0 bridgehead atoms. The highest BCUT2D eigenvalue weighted by molar-refractivity contribution is 5.37. The van der Waals surface area contributed by atoms with Crippen molar-refractivity contribution in [1.82, 2.24) is 0 Å². The Labute approximate surface area is 79.2 Å². The molecule has 0 heterocycles. The van der Waals surface area contributed by atoms with Gasteiger partial charge in [0.1, 0.15) is 0 Å². The summed E-state index contributed by atoms with van der Waals surface area (Å²) in [7, 11) is 0. The van der Waals surface area contributed by atoms with Crippen LogP contribution in [-0.4, -0.2) is 0 Å². The second-order valence-electron chi connectivity index (χ2n) is 4.01. The molecule has 1 aromatic rings. The SMILES string of the molecule is [C-]#[N+]C1(c2ccc(C)cc2)CC1C. The van der Waals surface area contributed by atoms with E-state index in [0.29, 0.717) is 5.92 Å². The summed E-state index contributed by atoms with van der Waals surface area (Å²) in [5, 5.41) is 0. The smallest absolute Gasteiger partial charge is 0.260 e. The van der Waals surface area contributed by atoms with Gasteiger partial charge in [-0.2, -0.15) is 0 Å². The number of nitrogens with zero attached hydrogens (tertiary/aromatic N) is 1. The maximum Gasteiger partial charge on any atom is 0.260 e. The van der Waals surface area contributed by atoms with Gasteiger partial charge < -0.3 is 4.85 Å². The van der Waals surface area contributed by atoms with E-state index in [1.165, 1.54) is 11.1 Å². The third-order valence-corrected chi connectivity index (χ3v) is 3.02. The van der Waals surface area contributed by atoms with Gasteiger partial charge in [0.25, 0.3) is 5.54 Å². The molecule has 1 aliphatic rings. The van der Waals surface area contributed by atoms with E-state index in [-0.39, 0.29) is 5.54 Å². The summed E-state index contributed by atoms with van der Waals surface area (Å²) in [4.78, 5) is 3.76. The topological polar surface area (TPSA) is 4.36 Å². The molecule has 1 aliphatic carbocycles. The molecule has 2 atom stereocenters. The summed E-state index contributed by atoms with van der Waals surface area (Å²) < 4.78 is 0. The molecule has 0 saturated heterocycles. The van der Waals surface area contributed by atoms with Gasteiger partial charge in [0.15, 0.2) is 0 Å². The van der Waals surface area contributed by atoms with Crippen LogP contribution in [0.4, 0.5) is 0 Å². The third kappa shape index (κ3) is 1.14. The van der Waals surface area contributed by atoms with Crippen LogP contribution in [0.2, 0.25) is 0 Å². The molecular formula is C12H13N. The molecule has 66 valence electrons. The summed E-state index contributed by atoms with van der Waals surface area (Å²) >= 11 is 0. The summed E-state index contributed by atoms with van der Waals surface area (Å²) in [6.07, 6.45) is 1.03. The van der Waals surface area contributed by atoms with Crippen LogP contribution in [0.1, 0.15) is 24.5 Å². The van der Waals surface area contributed by atoms with E-state index < -0.39 is 0 Å². The normalized spacial score (nSPS) is 31.0. The predicted molar refractivity (Wildman–Crippen MR) is 53.2 cm³/mol. The molecular weight excluding hydrogens is 158 g/mol. The summed E-state index contributed by atoms with van der Waals surface area (Å²) in [5.74, 6) is 0.535. The maximum absolute atomic E-state index is 7.21. The van der Waals surface area contributed by atoms with Gasteiger partial charge in [0.05, 0.1) is 0 Å². The number of rotatable bonds is 1. The molecule has 1 nitrogen and oxygen atoms in total. The summed E-state index contributed by atoms with van der Waals surface area (Å²) in [6, 6.07) is 8.37. The zero-order valence-electron chi connectivity index (χ0n) is 8.04. The van der Waals surface area contributed by atoms with Crippen molar-refractivity contribution in [1.29, 1.82) is 0 Å². The Kier molecular flexibility index (Phi) is 1.66. The van der Waals surface area contributed by atoms with Crippen LogP contribution in [0, 0.1) is 19.4 Å². The van der Waals surface area contributed by atoms with Gasteiger partial charge in [-0.25, -0.2) is 6.57 Å². The lowest BCUT2D eigenvalue weighted by atomic mass is 10.0. The van der Waals surface area contributed by atoms with Gasteiger partial charge >= 0.3 is 0 Å². The highest BCUT2D eigenvalue weighted by Crippen LogP contribution is 2.55. The largest absolute Gasteiger partial charge is 0.305 e. The van der Waals surface area contributed by atoms with Crippen LogP contribution in [-0.2, 0) is 5.54 Å². The molecule has 1 fully saturated rings. The van der Waals surface area contributed by atoms with Gasteiger partial charge in [-0.1, -0.05) is 36.8 Å². The first-order valence-electron chi connectivity index (χ1n) is 4.65. The van der Waals surface area contributed by atoms with Gasteiger partial charge in [0.2, 0.25) is 0 Å². The molecule has 0 spiro atoms. The molecule has 0 radical (unpaired) electrons. The monoisotopic (exact) mass is 171 g/mol. The van der Waals surface area contributed by atoms with Gasteiger partial charge in [-0.15, -0.1) is 0 Å². The Morgan fingerprint density at radius 2 is 1.92 bits per heavy atom. The minimum absolute atomic E-state index is 0.173. The number of hydrogen-bond donors (Lipinski definition) is 0. The van der Waals surface area contributed by atoms with Crippen molar-refractivity contribution in [3.8, 4) is 0 Å². The molecule has 2 rings (SSSR count). The fourth-order valence-electron chi connectivity index (χ4n) is 1.87. The lowest BCUT2D eigenvalue weighted by Gasteiger charge is -2.03. The second kappa shape index (κ2) is 2.60. The molecule has 2 unspecified atom stereocenters. The van der Waals surface area contributed by atoms with Crippen LogP contribution in [0.5, 0.6) is 0 Å². The summed E-state index contributed by atoms with van der Waals surface area (Å²) in [6.45, 7) is 11.4. The molecule has 0 aliphatic heterocycles. The molecule has 1 aromatic carbocycles. The van der Waals surface area contributed by atoms with Crippen molar-refractivity contribution in [2.24, 2.45) is 5.92 Å². The van der Waals surface area contributed by atoms with Crippen LogP contribution in [0.15, 0.2) is 24.3 Å². The van der Waals surface area contributed by atoms with Crippen molar-refractivity contribution >= 4 is 0 Å². The molecule has 1 saturated carbocycles. The Bertz CT molecular complexity index is 358. The zero-order chi connectivity index (χ0) is 9.47. The minimum Gasteiger partial charge on any atom is -0.305 e. The fourth-order valence-corrected chi connectivity index (χ4v) is 1.87. The minimum atomic E-state index is -0.173. The van der Waals surface area contributed by atoms with E-state index in [1.54, 1.807) is 0 Å². The fraction of sp³-hybridized carbons (Fsp3) is 0.417. The summed E-state index contributed by atoms with van der Waals surface area (Å²) in [5.41, 5.74) is 2.28. The van der Waals surface area contributed by atoms with Gasteiger partial charge in [-0.05, 0) is 6.92 Å². The third-order valence-electron chi connectivity index (χ3n) is 3.02. The van der Waals surface area contributed by atoms with Crippen molar-refractivity contribution in [2.75, 3.05) is 0 Å². The van der Waals surface area contributed by atoms with Gasteiger partial charge in [-0.3, -0.25) is 0 Å². The lowest BCUT2D eigenvalue weighted by Crippen LogP contribution is -2.02. The van der Waals surface area contributed by atoms with Crippen LogP contribution >= 0.6 is 0 Å². The quantitative estimate of drug-likeness (QED) is 0.572. The average Bonchev–Trinajstić information content (AvgIpc) is 2.79. The molecule has 13 heavy (non-hydrogen) atoms. The first-order chi connectivity index (χ1) is 6.19. The first-order valence-corrected chi connectivity index (χ1v) is 4.65.